The third kappa shape index (κ3) is 7.30. The molecule has 1 rings (SSSR count). The van der Waals surface area contributed by atoms with E-state index in [4.69, 9.17) is 8.93 Å². The average molecular weight is 311 g/mol. The summed E-state index contributed by atoms with van der Waals surface area (Å²) in [6.45, 7) is 11.4. The van der Waals surface area contributed by atoms with E-state index in [2.05, 4.69) is 33.2 Å². The van der Waals surface area contributed by atoms with Gasteiger partial charge in [0.1, 0.15) is 13.0 Å². The quantitative estimate of drug-likeness (QED) is 0.317. The average Bonchev–Trinajstić information content (AvgIpc) is 2.33. The molecule has 1 unspecified atom stereocenters. The lowest BCUT2D eigenvalue weighted by Crippen LogP contribution is -2.17. The lowest BCUT2D eigenvalue weighted by molar-refractivity contribution is 0.599. The van der Waals surface area contributed by atoms with Gasteiger partial charge in [0.15, 0.2) is 8.24 Å². The van der Waals surface area contributed by atoms with Crippen LogP contribution in [0, 0.1) is 0 Å². The van der Waals surface area contributed by atoms with E-state index >= 15 is 0 Å². The van der Waals surface area contributed by atoms with E-state index in [1.807, 2.05) is 30.3 Å². The summed E-state index contributed by atoms with van der Waals surface area (Å²) < 4.78 is 11.5. The fraction of sp³-hybridized carbons (Fsp3) is 0.625. The van der Waals surface area contributed by atoms with Crippen LogP contribution in [0.15, 0.2) is 34.7 Å². The number of hydrogen-bond acceptors (Lipinski definition) is 2. The number of nitrogens with zero attached hydrogens (tertiary/aromatic N) is 1. The van der Waals surface area contributed by atoms with Crippen molar-refractivity contribution >= 4 is 15.5 Å². The number of rotatable bonds is 8. The Kier molecular flexibility index (Phi) is 7.04. The van der Waals surface area contributed by atoms with Crippen molar-refractivity contribution in [1.29, 1.82) is 0 Å². The van der Waals surface area contributed by atoms with Gasteiger partial charge in [0.05, 0.1) is 0 Å². The van der Waals surface area contributed by atoms with Crippen LogP contribution in [0.1, 0.15) is 32.6 Å². The molecule has 0 saturated carbocycles. The second-order valence-corrected chi connectivity index (χ2v) is 14.4. The molecular formula is C16H30NOPSi. The molecule has 2 nitrogen and oxygen atoms in total. The van der Waals surface area contributed by atoms with E-state index in [-0.39, 0.29) is 0 Å². The fourth-order valence-electron chi connectivity index (χ4n) is 2.29. The maximum absolute atomic E-state index is 6.34. The van der Waals surface area contributed by atoms with Gasteiger partial charge >= 0.3 is 0 Å². The Balaban J connectivity index is 2.82. The van der Waals surface area contributed by atoms with E-state index < -0.39 is 15.5 Å². The van der Waals surface area contributed by atoms with Crippen LogP contribution in [-0.2, 0) is 0 Å². The van der Waals surface area contributed by atoms with Crippen molar-refractivity contribution in [1.82, 2.24) is 0 Å². The van der Waals surface area contributed by atoms with Crippen molar-refractivity contribution in [3.63, 3.8) is 0 Å². The minimum absolute atomic E-state index is 0.973. The molecule has 114 valence electrons. The lowest BCUT2D eigenvalue weighted by Gasteiger charge is -2.26. The highest BCUT2D eigenvalue weighted by Crippen LogP contribution is 2.49. The van der Waals surface area contributed by atoms with Gasteiger partial charge in [0.25, 0.3) is 0 Å². The molecule has 20 heavy (non-hydrogen) atoms. The van der Waals surface area contributed by atoms with Crippen molar-refractivity contribution in [3.8, 4) is 5.75 Å². The van der Waals surface area contributed by atoms with Crippen molar-refractivity contribution < 1.29 is 4.52 Å². The Morgan fingerprint density at radius 1 is 1.05 bits per heavy atom. The number of benzene rings is 1. The SMILES string of the molecule is CCCCCCP(C)(=N[Si](C)(C)C)Oc1ccccc1. The standard InChI is InChI=1S/C16H30NOPSi/c1-6-7-8-12-15-19(2,17-20(3,4)5)18-16-13-10-9-11-14-16/h9-11,13-14H,6-8,12,15H2,1-5H3. The first-order valence-electron chi connectivity index (χ1n) is 7.69. The molecule has 0 aliphatic heterocycles. The number of unbranched alkanes of at least 4 members (excludes halogenated alkanes) is 3. The van der Waals surface area contributed by atoms with E-state index in [0.717, 1.165) is 11.9 Å². The first-order valence-corrected chi connectivity index (χ1v) is 13.4. The molecule has 1 atom stereocenters. The highest BCUT2D eigenvalue weighted by atomic mass is 31.2. The molecule has 0 saturated heterocycles. The molecular weight excluding hydrogens is 281 g/mol. The summed E-state index contributed by atoms with van der Waals surface area (Å²) >= 11 is 0. The van der Waals surface area contributed by atoms with E-state index in [1.54, 1.807) is 0 Å². The van der Waals surface area contributed by atoms with Crippen LogP contribution in [-0.4, -0.2) is 21.1 Å². The predicted octanol–water partition coefficient (Wildman–Crippen LogP) is 6.23. The van der Waals surface area contributed by atoms with E-state index in [0.29, 0.717) is 0 Å². The van der Waals surface area contributed by atoms with Crippen molar-refractivity contribution in [2.45, 2.75) is 52.2 Å². The summed E-state index contributed by atoms with van der Waals surface area (Å²) in [6, 6.07) is 10.2. The molecule has 0 heterocycles. The molecule has 1 aromatic rings. The second kappa shape index (κ2) is 8.04. The molecule has 1 aromatic carbocycles. The summed E-state index contributed by atoms with van der Waals surface area (Å²) in [4.78, 5) is 0. The number of hydrogen-bond donors (Lipinski definition) is 0. The molecule has 0 bridgehead atoms. The van der Waals surface area contributed by atoms with Crippen LogP contribution in [0.5, 0.6) is 5.75 Å². The van der Waals surface area contributed by atoms with Crippen LogP contribution in [0.3, 0.4) is 0 Å². The highest BCUT2D eigenvalue weighted by Gasteiger charge is 2.21. The molecule has 0 aromatic heterocycles. The summed E-state index contributed by atoms with van der Waals surface area (Å²) in [6.07, 6.45) is 6.24. The Labute approximate surface area is 126 Å². The molecule has 0 aliphatic carbocycles. The van der Waals surface area contributed by atoms with Crippen molar-refractivity contribution in [3.05, 3.63) is 30.3 Å². The van der Waals surface area contributed by atoms with Gasteiger partial charge in [-0.15, -0.1) is 0 Å². The minimum atomic E-state index is -1.67. The third-order valence-electron chi connectivity index (χ3n) is 2.98. The smallest absolute Gasteiger partial charge is 0.174 e. The predicted molar refractivity (Wildman–Crippen MR) is 94.7 cm³/mol. The molecule has 0 N–H and O–H groups in total. The van der Waals surface area contributed by atoms with E-state index in [9.17, 15) is 0 Å². The first kappa shape index (κ1) is 17.5. The largest absolute Gasteiger partial charge is 0.461 e. The number of para-hydroxylation sites is 1. The second-order valence-electron chi connectivity index (χ2n) is 6.51. The minimum Gasteiger partial charge on any atom is -0.461 e. The van der Waals surface area contributed by atoms with Crippen LogP contribution in [0.2, 0.25) is 19.6 Å². The van der Waals surface area contributed by atoms with Gasteiger partial charge in [-0.25, -0.2) is 0 Å². The zero-order valence-corrected chi connectivity index (χ0v) is 15.6. The normalized spacial score (nSPS) is 14.7. The zero-order valence-electron chi connectivity index (χ0n) is 13.7. The van der Waals surface area contributed by atoms with Gasteiger partial charge in [0.2, 0.25) is 0 Å². The van der Waals surface area contributed by atoms with Crippen molar-refractivity contribution in [2.24, 2.45) is 4.41 Å². The van der Waals surface area contributed by atoms with E-state index in [1.165, 1.54) is 25.7 Å². The van der Waals surface area contributed by atoms with Gasteiger partial charge < -0.3 is 8.93 Å². The zero-order chi connectivity index (χ0) is 15.1. The summed E-state index contributed by atoms with van der Waals surface area (Å²) in [7, 11) is -3.13. The van der Waals surface area contributed by atoms with Crippen LogP contribution >= 0.6 is 7.28 Å². The molecule has 0 spiro atoms. The molecule has 0 aliphatic rings. The Bertz CT molecular complexity index is 440. The highest BCUT2D eigenvalue weighted by molar-refractivity contribution is 7.62. The lowest BCUT2D eigenvalue weighted by atomic mass is 10.2. The first-order chi connectivity index (χ1) is 9.35. The monoisotopic (exact) mass is 311 g/mol. The topological polar surface area (TPSA) is 21.6 Å². The van der Waals surface area contributed by atoms with Gasteiger partial charge in [-0.05, 0) is 38.2 Å². The van der Waals surface area contributed by atoms with Gasteiger partial charge in [0, 0.05) is 12.8 Å². The third-order valence-corrected chi connectivity index (χ3v) is 8.83. The summed E-state index contributed by atoms with van der Waals surface area (Å²) in [5.74, 6) is 0.973. The van der Waals surface area contributed by atoms with Gasteiger partial charge in [-0.2, -0.15) is 0 Å². The summed E-state index contributed by atoms with van der Waals surface area (Å²) in [5, 5.41) is 0. The maximum Gasteiger partial charge on any atom is 0.174 e. The van der Waals surface area contributed by atoms with Gasteiger partial charge in [-0.1, -0.05) is 44.4 Å². The Morgan fingerprint density at radius 3 is 2.25 bits per heavy atom. The maximum atomic E-state index is 6.34. The Morgan fingerprint density at radius 2 is 1.70 bits per heavy atom. The van der Waals surface area contributed by atoms with Crippen LogP contribution in [0.25, 0.3) is 0 Å². The fourth-order valence-corrected chi connectivity index (χ4v) is 9.41. The van der Waals surface area contributed by atoms with Crippen molar-refractivity contribution in [2.75, 3.05) is 12.8 Å². The molecule has 4 heteroatoms. The molecule has 0 amide bonds. The molecule has 0 radical (unpaired) electrons. The Hall–Kier alpha value is -0.533. The summed E-state index contributed by atoms with van der Waals surface area (Å²) in [5.41, 5.74) is 0. The van der Waals surface area contributed by atoms with Gasteiger partial charge in [-0.3, -0.25) is 0 Å². The molecule has 0 fully saturated rings. The van der Waals surface area contributed by atoms with Crippen LogP contribution < -0.4 is 4.52 Å². The van der Waals surface area contributed by atoms with Crippen LogP contribution in [0.4, 0.5) is 0 Å².